The van der Waals surface area contributed by atoms with Crippen LogP contribution in [0.15, 0.2) is 66.7 Å². The number of amides is 3. The van der Waals surface area contributed by atoms with Crippen molar-refractivity contribution in [2.24, 2.45) is 0 Å². The number of hydrogen-bond donors (Lipinski definition) is 4. The molecule has 3 aromatic rings. The van der Waals surface area contributed by atoms with Gasteiger partial charge >= 0.3 is 0 Å². The minimum absolute atomic E-state index is 0.168. The fourth-order valence-electron chi connectivity index (χ4n) is 5.37. The summed E-state index contributed by atoms with van der Waals surface area (Å²) in [6, 6.07) is 18.3. The number of carbonyl (C=O) groups is 3. The third-order valence-corrected chi connectivity index (χ3v) is 9.43. The number of benzene rings is 3. The Morgan fingerprint density at radius 3 is 2.45 bits per heavy atom. The lowest BCUT2D eigenvalue weighted by Gasteiger charge is -2.33. The Morgan fingerprint density at radius 2 is 1.77 bits per heavy atom. The van der Waals surface area contributed by atoms with Gasteiger partial charge in [-0.2, -0.15) is 0 Å². The van der Waals surface area contributed by atoms with E-state index < -0.39 is 34.7 Å². The van der Waals surface area contributed by atoms with Crippen molar-refractivity contribution < 1.29 is 24.2 Å². The Kier molecular flexibility index (Phi) is 10.6. The molecule has 1 aliphatic rings. The Hall–Kier alpha value is -4.02. The molecule has 1 fully saturated rings. The monoisotopic (exact) mass is 618 g/mol. The lowest BCUT2D eigenvalue weighted by atomic mass is 9.96. The SMILES string of the molecule is CCOc1ccc(C[C@H](NC(=O)c2cccc(N)c2C)[C@H](O)C(=O)N2CSC(C)(C)C2C(=O)NCc2ccccc2C)cc1. The van der Waals surface area contributed by atoms with Crippen LogP contribution in [0, 0.1) is 13.8 Å². The molecule has 3 amide bonds. The predicted molar refractivity (Wildman–Crippen MR) is 174 cm³/mol. The first-order valence-electron chi connectivity index (χ1n) is 14.7. The number of aliphatic hydroxyl groups is 1. The summed E-state index contributed by atoms with van der Waals surface area (Å²) in [6.45, 7) is 10.3. The van der Waals surface area contributed by atoms with Crippen LogP contribution in [-0.4, -0.2) is 63.1 Å². The Balaban J connectivity index is 1.57. The van der Waals surface area contributed by atoms with Gasteiger partial charge in [-0.3, -0.25) is 14.4 Å². The van der Waals surface area contributed by atoms with E-state index in [0.717, 1.165) is 16.7 Å². The van der Waals surface area contributed by atoms with Crippen molar-refractivity contribution >= 4 is 35.2 Å². The number of hydrogen-bond acceptors (Lipinski definition) is 7. The van der Waals surface area contributed by atoms with Crippen LogP contribution in [0.25, 0.3) is 0 Å². The lowest BCUT2D eigenvalue weighted by Crippen LogP contribution is -2.58. The van der Waals surface area contributed by atoms with E-state index in [2.05, 4.69) is 10.6 Å². The number of rotatable bonds is 11. The number of aliphatic hydroxyl groups excluding tert-OH is 1. The predicted octanol–water partition coefficient (Wildman–Crippen LogP) is 3.98. The second-order valence-electron chi connectivity index (χ2n) is 11.6. The zero-order chi connectivity index (χ0) is 32.0. The molecule has 3 atom stereocenters. The number of nitrogens with two attached hydrogens (primary N) is 1. The third-order valence-electron chi connectivity index (χ3n) is 8.05. The van der Waals surface area contributed by atoms with Crippen molar-refractivity contribution in [3.05, 3.63) is 94.5 Å². The number of ether oxygens (including phenoxy) is 1. The second-order valence-corrected chi connectivity index (χ2v) is 13.2. The van der Waals surface area contributed by atoms with Crippen LogP contribution in [0.5, 0.6) is 5.75 Å². The van der Waals surface area contributed by atoms with Crippen molar-refractivity contribution in [3.63, 3.8) is 0 Å². The van der Waals surface area contributed by atoms with E-state index in [0.29, 0.717) is 35.7 Å². The summed E-state index contributed by atoms with van der Waals surface area (Å²) in [7, 11) is 0. The summed E-state index contributed by atoms with van der Waals surface area (Å²) < 4.78 is 4.94. The van der Waals surface area contributed by atoms with Crippen LogP contribution in [0.3, 0.4) is 0 Å². The van der Waals surface area contributed by atoms with E-state index in [4.69, 9.17) is 10.5 Å². The van der Waals surface area contributed by atoms with Gasteiger partial charge in [0, 0.05) is 22.5 Å². The number of aryl methyl sites for hydroxylation is 1. The molecule has 3 aromatic carbocycles. The molecule has 1 heterocycles. The van der Waals surface area contributed by atoms with E-state index in [1.807, 2.05) is 76.2 Å². The summed E-state index contributed by atoms with van der Waals surface area (Å²) in [4.78, 5) is 42.4. The molecular weight excluding hydrogens is 576 g/mol. The Morgan fingerprint density at radius 1 is 1.07 bits per heavy atom. The molecular formula is C34H42N4O5S. The van der Waals surface area contributed by atoms with Crippen LogP contribution in [0.4, 0.5) is 5.69 Å². The third kappa shape index (κ3) is 7.54. The summed E-state index contributed by atoms with van der Waals surface area (Å²) in [6.07, 6.45) is -1.45. The fraction of sp³-hybridized carbons (Fsp3) is 0.382. The normalized spacial score (nSPS) is 17.0. The van der Waals surface area contributed by atoms with Crippen LogP contribution in [0.1, 0.15) is 53.4 Å². The minimum atomic E-state index is -1.62. The molecule has 0 radical (unpaired) electrons. The van der Waals surface area contributed by atoms with Gasteiger partial charge in [0.25, 0.3) is 11.8 Å². The molecule has 0 aliphatic carbocycles. The topological polar surface area (TPSA) is 134 Å². The van der Waals surface area contributed by atoms with Crippen molar-refractivity contribution in [3.8, 4) is 5.75 Å². The van der Waals surface area contributed by atoms with Gasteiger partial charge in [0.2, 0.25) is 5.91 Å². The molecule has 0 spiro atoms. The fourth-order valence-corrected chi connectivity index (χ4v) is 6.51. The van der Waals surface area contributed by atoms with Crippen LogP contribution in [-0.2, 0) is 22.6 Å². The zero-order valence-electron chi connectivity index (χ0n) is 25.9. The maximum absolute atomic E-state index is 14.0. The van der Waals surface area contributed by atoms with Crippen molar-refractivity contribution in [2.45, 2.75) is 70.5 Å². The van der Waals surface area contributed by atoms with Crippen LogP contribution in [0.2, 0.25) is 0 Å². The average Bonchev–Trinajstić information content (AvgIpc) is 3.32. The molecule has 0 bridgehead atoms. The number of anilines is 1. The second kappa shape index (κ2) is 14.2. The van der Waals surface area contributed by atoms with Gasteiger partial charge in [-0.25, -0.2) is 0 Å². The Bertz CT molecular complexity index is 1490. The number of nitrogen functional groups attached to an aromatic ring is 1. The molecule has 9 nitrogen and oxygen atoms in total. The lowest BCUT2D eigenvalue weighted by molar-refractivity contribution is -0.147. The number of nitrogens with one attached hydrogen (secondary N) is 2. The molecule has 1 saturated heterocycles. The summed E-state index contributed by atoms with van der Waals surface area (Å²) in [5.74, 6) is -0.462. The highest BCUT2D eigenvalue weighted by atomic mass is 32.2. The maximum Gasteiger partial charge on any atom is 0.254 e. The van der Waals surface area contributed by atoms with Crippen molar-refractivity contribution in [1.29, 1.82) is 0 Å². The molecule has 0 aromatic heterocycles. The first-order chi connectivity index (χ1) is 20.9. The van der Waals surface area contributed by atoms with Gasteiger partial charge in [-0.15, -0.1) is 11.8 Å². The summed E-state index contributed by atoms with van der Waals surface area (Å²) >= 11 is 1.47. The minimum Gasteiger partial charge on any atom is -0.494 e. The quantitative estimate of drug-likeness (QED) is 0.239. The van der Waals surface area contributed by atoms with Gasteiger partial charge in [-0.1, -0.05) is 42.5 Å². The largest absolute Gasteiger partial charge is 0.494 e. The standard InChI is InChI=1S/C34H42N4O5S/c1-6-43-25-16-14-23(15-17-25)18-28(37-31(40)26-12-9-13-27(35)22(26)3)29(39)33(42)38-20-44-34(4,5)30(38)32(41)36-19-24-11-8-7-10-21(24)2/h7-17,28-30,39H,6,18-20,35H2,1-5H3,(H,36,41)(H,37,40)/t28-,29-,30?/m0/s1. The van der Waals surface area contributed by atoms with Gasteiger partial charge < -0.3 is 31.1 Å². The highest BCUT2D eigenvalue weighted by Gasteiger charge is 2.49. The van der Waals surface area contributed by atoms with Crippen molar-refractivity contribution in [2.75, 3.05) is 18.2 Å². The number of nitrogens with zero attached hydrogens (tertiary/aromatic N) is 1. The van der Waals surface area contributed by atoms with Gasteiger partial charge in [-0.05, 0) is 87.6 Å². The van der Waals surface area contributed by atoms with E-state index in [9.17, 15) is 19.5 Å². The molecule has 10 heteroatoms. The van der Waals surface area contributed by atoms with Gasteiger partial charge in [0.15, 0.2) is 6.10 Å². The Labute approximate surface area is 263 Å². The highest BCUT2D eigenvalue weighted by Crippen LogP contribution is 2.40. The molecule has 1 aliphatic heterocycles. The molecule has 0 saturated carbocycles. The molecule has 44 heavy (non-hydrogen) atoms. The zero-order valence-corrected chi connectivity index (χ0v) is 26.7. The highest BCUT2D eigenvalue weighted by molar-refractivity contribution is 8.00. The smallest absolute Gasteiger partial charge is 0.254 e. The van der Waals surface area contributed by atoms with Gasteiger partial charge in [0.1, 0.15) is 11.8 Å². The summed E-state index contributed by atoms with van der Waals surface area (Å²) in [5.41, 5.74) is 10.3. The molecule has 4 rings (SSSR count). The molecule has 234 valence electrons. The number of carbonyl (C=O) groups excluding carboxylic acids is 3. The molecule has 5 N–H and O–H groups in total. The van der Waals surface area contributed by atoms with Crippen LogP contribution >= 0.6 is 11.8 Å². The maximum atomic E-state index is 14.0. The average molecular weight is 619 g/mol. The van der Waals surface area contributed by atoms with E-state index in [-0.39, 0.29) is 18.2 Å². The first-order valence-corrected chi connectivity index (χ1v) is 15.7. The van der Waals surface area contributed by atoms with E-state index in [1.54, 1.807) is 25.1 Å². The molecule has 1 unspecified atom stereocenters. The summed E-state index contributed by atoms with van der Waals surface area (Å²) in [5, 5.41) is 17.4. The van der Waals surface area contributed by atoms with E-state index in [1.165, 1.54) is 16.7 Å². The first kappa shape index (κ1) is 32.9. The van der Waals surface area contributed by atoms with Crippen LogP contribution < -0.4 is 21.1 Å². The van der Waals surface area contributed by atoms with E-state index >= 15 is 0 Å². The van der Waals surface area contributed by atoms with Crippen molar-refractivity contribution in [1.82, 2.24) is 15.5 Å². The number of thioether (sulfide) groups is 1. The van der Waals surface area contributed by atoms with Gasteiger partial charge in [0.05, 0.1) is 18.5 Å².